The van der Waals surface area contributed by atoms with Crippen LogP contribution in [0.15, 0.2) is 24.3 Å². The smallest absolute Gasteiger partial charge is 0.194 e. The van der Waals surface area contributed by atoms with Gasteiger partial charge in [0.25, 0.3) is 0 Å². The molecule has 1 aromatic rings. The van der Waals surface area contributed by atoms with Crippen LogP contribution in [0, 0.1) is 0 Å². The largest absolute Gasteiger partial charge is 0.419 e. The molecule has 0 radical (unpaired) electrons. The van der Waals surface area contributed by atoms with Crippen LogP contribution in [0.2, 0.25) is 0 Å². The number of nitrogen functional groups attached to an aromatic ring is 1. The summed E-state index contributed by atoms with van der Waals surface area (Å²) in [5.74, 6) is 0. The number of para-hydroxylation sites is 1. The molecular formula is C8H13NOSi. The first-order valence-electron chi connectivity index (χ1n) is 3.75. The van der Waals surface area contributed by atoms with Gasteiger partial charge in [-0.15, -0.1) is 0 Å². The zero-order chi connectivity index (χ0) is 8.10. The molecule has 0 fully saturated rings. The van der Waals surface area contributed by atoms with Gasteiger partial charge in [-0.1, -0.05) is 18.2 Å². The van der Waals surface area contributed by atoms with Crippen LogP contribution in [-0.4, -0.2) is 16.4 Å². The van der Waals surface area contributed by atoms with Gasteiger partial charge in [0.15, 0.2) is 9.76 Å². The average Bonchev–Trinajstić information content (AvgIpc) is 2.03. The highest BCUT2D eigenvalue weighted by molar-refractivity contribution is 6.49. The summed E-state index contributed by atoms with van der Waals surface area (Å²) in [6.45, 7) is 2.80. The molecule has 0 aromatic heterocycles. The SMILES string of the molecule is CCO[SiH2]c1ccccc1N. The topological polar surface area (TPSA) is 35.2 Å². The predicted octanol–water partition coefficient (Wildman–Crippen LogP) is 0.0144. The van der Waals surface area contributed by atoms with E-state index in [9.17, 15) is 0 Å². The Hall–Kier alpha value is -0.803. The van der Waals surface area contributed by atoms with Crippen LogP contribution in [0.3, 0.4) is 0 Å². The fourth-order valence-corrected chi connectivity index (χ4v) is 1.82. The molecular weight excluding hydrogens is 154 g/mol. The lowest BCUT2D eigenvalue weighted by Crippen LogP contribution is -2.20. The van der Waals surface area contributed by atoms with Gasteiger partial charge in [-0.25, -0.2) is 0 Å². The van der Waals surface area contributed by atoms with Crippen LogP contribution in [0.1, 0.15) is 6.92 Å². The monoisotopic (exact) mass is 167 g/mol. The average molecular weight is 167 g/mol. The quantitative estimate of drug-likeness (QED) is 0.508. The van der Waals surface area contributed by atoms with Crippen molar-refractivity contribution >= 4 is 20.6 Å². The molecule has 60 valence electrons. The molecule has 0 bridgehead atoms. The third-order valence-electron chi connectivity index (χ3n) is 1.52. The second kappa shape index (κ2) is 4.15. The summed E-state index contributed by atoms with van der Waals surface area (Å²) in [5, 5.41) is 1.20. The lowest BCUT2D eigenvalue weighted by molar-refractivity contribution is 0.367. The van der Waals surface area contributed by atoms with E-state index in [-0.39, 0.29) is 0 Å². The van der Waals surface area contributed by atoms with Gasteiger partial charge >= 0.3 is 0 Å². The summed E-state index contributed by atoms with van der Waals surface area (Å²) in [6.07, 6.45) is 0. The van der Waals surface area contributed by atoms with E-state index in [4.69, 9.17) is 10.2 Å². The van der Waals surface area contributed by atoms with E-state index in [1.54, 1.807) is 0 Å². The van der Waals surface area contributed by atoms with E-state index in [1.165, 1.54) is 5.19 Å². The number of hydrogen-bond acceptors (Lipinski definition) is 2. The number of anilines is 1. The maximum absolute atomic E-state index is 5.72. The Morgan fingerprint density at radius 1 is 1.45 bits per heavy atom. The Balaban J connectivity index is 2.62. The molecule has 0 aliphatic carbocycles. The highest BCUT2D eigenvalue weighted by Crippen LogP contribution is 1.94. The Kier molecular flexibility index (Phi) is 3.13. The molecule has 0 spiro atoms. The maximum atomic E-state index is 5.72. The summed E-state index contributed by atoms with van der Waals surface area (Å²) in [5.41, 5.74) is 6.58. The highest BCUT2D eigenvalue weighted by Gasteiger charge is 1.96. The third kappa shape index (κ3) is 2.36. The van der Waals surface area contributed by atoms with Crippen molar-refractivity contribution in [3.63, 3.8) is 0 Å². The van der Waals surface area contributed by atoms with Crippen molar-refractivity contribution in [2.24, 2.45) is 0 Å². The van der Waals surface area contributed by atoms with Crippen molar-refractivity contribution in [2.45, 2.75) is 6.92 Å². The normalized spacial score (nSPS) is 11.0. The van der Waals surface area contributed by atoms with E-state index < -0.39 is 9.76 Å². The standard InChI is InChI=1S/C8H13NOSi/c1-2-10-11-8-6-4-3-5-7(8)9/h3-6H,2,9,11H2,1H3. The van der Waals surface area contributed by atoms with E-state index in [2.05, 4.69) is 0 Å². The van der Waals surface area contributed by atoms with E-state index in [0.717, 1.165) is 12.3 Å². The van der Waals surface area contributed by atoms with Crippen LogP contribution in [0.4, 0.5) is 5.69 Å². The number of nitrogens with two attached hydrogens (primary N) is 1. The van der Waals surface area contributed by atoms with E-state index in [1.807, 2.05) is 31.2 Å². The molecule has 0 atom stereocenters. The van der Waals surface area contributed by atoms with Crippen molar-refractivity contribution in [2.75, 3.05) is 12.3 Å². The van der Waals surface area contributed by atoms with Crippen LogP contribution in [0.25, 0.3) is 0 Å². The maximum Gasteiger partial charge on any atom is 0.194 e. The number of benzene rings is 1. The Morgan fingerprint density at radius 3 is 2.82 bits per heavy atom. The van der Waals surface area contributed by atoms with E-state index in [0.29, 0.717) is 0 Å². The Bertz CT molecular complexity index is 227. The minimum Gasteiger partial charge on any atom is -0.419 e. The lowest BCUT2D eigenvalue weighted by atomic mass is 10.3. The molecule has 2 nitrogen and oxygen atoms in total. The van der Waals surface area contributed by atoms with Gasteiger partial charge in [0.2, 0.25) is 0 Å². The lowest BCUT2D eigenvalue weighted by Gasteiger charge is -2.03. The molecule has 0 amide bonds. The second-order valence-corrected chi connectivity index (χ2v) is 3.79. The minimum absolute atomic E-state index is 0.565. The molecule has 0 aliphatic heterocycles. The van der Waals surface area contributed by atoms with Gasteiger partial charge in [-0.3, -0.25) is 0 Å². The fourth-order valence-electron chi connectivity index (χ4n) is 0.878. The van der Waals surface area contributed by atoms with Gasteiger partial charge in [0.1, 0.15) is 0 Å². The summed E-state index contributed by atoms with van der Waals surface area (Å²) in [6, 6.07) is 7.90. The van der Waals surface area contributed by atoms with Crippen molar-refractivity contribution in [1.82, 2.24) is 0 Å². The Labute approximate surface area is 69.3 Å². The molecule has 11 heavy (non-hydrogen) atoms. The Morgan fingerprint density at radius 2 is 2.18 bits per heavy atom. The summed E-state index contributed by atoms with van der Waals surface area (Å²) >= 11 is 0. The molecule has 0 aliphatic rings. The van der Waals surface area contributed by atoms with Gasteiger partial charge in [0.05, 0.1) is 0 Å². The van der Waals surface area contributed by atoms with Crippen LogP contribution in [0.5, 0.6) is 0 Å². The highest BCUT2D eigenvalue weighted by atomic mass is 28.2. The van der Waals surface area contributed by atoms with Gasteiger partial charge in [-0.05, 0) is 18.2 Å². The molecule has 2 N–H and O–H groups in total. The molecule has 0 heterocycles. The van der Waals surface area contributed by atoms with Crippen molar-refractivity contribution in [3.05, 3.63) is 24.3 Å². The second-order valence-electron chi connectivity index (χ2n) is 2.34. The predicted molar refractivity (Wildman–Crippen MR) is 50.7 cm³/mol. The van der Waals surface area contributed by atoms with E-state index >= 15 is 0 Å². The number of rotatable bonds is 3. The molecule has 0 saturated heterocycles. The first-order valence-corrected chi connectivity index (χ1v) is 5.04. The van der Waals surface area contributed by atoms with Gasteiger partial charge in [-0.2, -0.15) is 0 Å². The van der Waals surface area contributed by atoms with Gasteiger partial charge in [0, 0.05) is 12.3 Å². The van der Waals surface area contributed by atoms with Crippen molar-refractivity contribution < 1.29 is 4.43 Å². The van der Waals surface area contributed by atoms with Crippen LogP contribution >= 0.6 is 0 Å². The first kappa shape index (κ1) is 8.29. The molecule has 0 saturated carbocycles. The number of hydrogen-bond donors (Lipinski definition) is 1. The first-order chi connectivity index (χ1) is 5.34. The molecule has 0 unspecified atom stereocenters. The third-order valence-corrected chi connectivity index (χ3v) is 3.08. The minimum atomic E-state index is -0.565. The molecule has 3 heteroatoms. The van der Waals surface area contributed by atoms with Crippen molar-refractivity contribution in [1.29, 1.82) is 0 Å². The van der Waals surface area contributed by atoms with Crippen molar-refractivity contribution in [3.8, 4) is 0 Å². The van der Waals surface area contributed by atoms with Crippen LogP contribution in [-0.2, 0) is 4.43 Å². The zero-order valence-corrected chi connectivity index (χ0v) is 8.12. The fraction of sp³-hybridized carbons (Fsp3) is 0.250. The summed E-state index contributed by atoms with van der Waals surface area (Å²) in [4.78, 5) is 0. The van der Waals surface area contributed by atoms with Gasteiger partial charge < -0.3 is 10.2 Å². The molecule has 1 rings (SSSR count). The summed E-state index contributed by atoms with van der Waals surface area (Å²) in [7, 11) is -0.565. The zero-order valence-electron chi connectivity index (χ0n) is 6.71. The summed E-state index contributed by atoms with van der Waals surface area (Å²) < 4.78 is 5.36. The molecule has 1 aromatic carbocycles. The van der Waals surface area contributed by atoms with Crippen LogP contribution < -0.4 is 10.9 Å².